The monoisotopic (exact) mass is 292 g/mol. The van der Waals surface area contributed by atoms with Crippen LogP contribution in [-0.4, -0.2) is 21.7 Å². The van der Waals surface area contributed by atoms with E-state index >= 15 is 0 Å². The average molecular weight is 293 g/mol. The third kappa shape index (κ3) is 3.35. The number of halogens is 1. The van der Waals surface area contributed by atoms with E-state index in [-0.39, 0.29) is 6.61 Å². The molecule has 4 heteroatoms. The van der Waals surface area contributed by atoms with Gasteiger partial charge in [-0.3, -0.25) is 0 Å². The van der Waals surface area contributed by atoms with Crippen LogP contribution in [-0.2, 0) is 6.42 Å². The van der Waals surface area contributed by atoms with Crippen LogP contribution in [0.4, 0.5) is 0 Å². The Hall–Kier alpha value is -1.26. The summed E-state index contributed by atoms with van der Waals surface area (Å²) in [5.41, 5.74) is 1.99. The standard InChI is InChI=1S/C13H13BrN2O/c14-11-5-3-10(4-6-11)12-7-8-15-13(16-12)2-1-9-17/h3-8,17H,1-2,9H2. The summed E-state index contributed by atoms with van der Waals surface area (Å²) in [7, 11) is 0. The summed E-state index contributed by atoms with van der Waals surface area (Å²) in [4.78, 5) is 8.66. The summed E-state index contributed by atoms with van der Waals surface area (Å²) in [6.45, 7) is 0.172. The Labute approximate surface area is 109 Å². The molecule has 0 saturated heterocycles. The lowest BCUT2D eigenvalue weighted by Crippen LogP contribution is -1.98. The molecule has 1 heterocycles. The quantitative estimate of drug-likeness (QED) is 0.943. The van der Waals surface area contributed by atoms with E-state index < -0.39 is 0 Å². The minimum Gasteiger partial charge on any atom is -0.396 e. The van der Waals surface area contributed by atoms with Crippen LogP contribution in [0, 0.1) is 0 Å². The Morgan fingerprint density at radius 2 is 1.88 bits per heavy atom. The molecule has 0 fully saturated rings. The van der Waals surface area contributed by atoms with Gasteiger partial charge in [-0.2, -0.15) is 0 Å². The predicted molar refractivity (Wildman–Crippen MR) is 70.6 cm³/mol. The summed E-state index contributed by atoms with van der Waals surface area (Å²) in [6.07, 6.45) is 3.17. The first-order valence-electron chi connectivity index (χ1n) is 5.48. The van der Waals surface area contributed by atoms with Gasteiger partial charge >= 0.3 is 0 Å². The summed E-state index contributed by atoms with van der Waals surface area (Å²) < 4.78 is 1.05. The van der Waals surface area contributed by atoms with Crippen molar-refractivity contribution in [2.75, 3.05) is 6.61 Å². The number of hydrogen-bond donors (Lipinski definition) is 1. The van der Waals surface area contributed by atoms with Crippen LogP contribution in [0.2, 0.25) is 0 Å². The van der Waals surface area contributed by atoms with Crippen LogP contribution in [0.1, 0.15) is 12.2 Å². The number of aliphatic hydroxyl groups excluding tert-OH is 1. The highest BCUT2D eigenvalue weighted by molar-refractivity contribution is 9.10. The second-order valence-corrected chi connectivity index (χ2v) is 4.61. The lowest BCUT2D eigenvalue weighted by Gasteiger charge is -2.03. The summed E-state index contributed by atoms with van der Waals surface area (Å²) in [5, 5.41) is 8.78. The molecule has 0 aliphatic carbocycles. The number of aromatic nitrogens is 2. The zero-order chi connectivity index (χ0) is 12.1. The van der Waals surface area contributed by atoms with Crippen LogP contribution in [0.3, 0.4) is 0 Å². The fraction of sp³-hybridized carbons (Fsp3) is 0.231. The van der Waals surface area contributed by atoms with Crippen LogP contribution in [0.5, 0.6) is 0 Å². The summed E-state index contributed by atoms with van der Waals surface area (Å²) in [5.74, 6) is 0.777. The van der Waals surface area contributed by atoms with Gasteiger partial charge in [0.15, 0.2) is 0 Å². The largest absolute Gasteiger partial charge is 0.396 e. The molecule has 0 bridgehead atoms. The molecule has 0 radical (unpaired) electrons. The van der Waals surface area contributed by atoms with E-state index in [0.717, 1.165) is 21.6 Å². The minimum atomic E-state index is 0.172. The topological polar surface area (TPSA) is 46.0 Å². The second-order valence-electron chi connectivity index (χ2n) is 3.69. The maximum atomic E-state index is 8.78. The number of hydrogen-bond acceptors (Lipinski definition) is 3. The highest BCUT2D eigenvalue weighted by Crippen LogP contribution is 2.19. The molecule has 0 aliphatic rings. The van der Waals surface area contributed by atoms with E-state index in [1.807, 2.05) is 30.3 Å². The Bertz CT molecular complexity index is 485. The van der Waals surface area contributed by atoms with Crippen molar-refractivity contribution < 1.29 is 5.11 Å². The second kappa shape index (κ2) is 5.89. The predicted octanol–water partition coefficient (Wildman–Crippen LogP) is 2.83. The van der Waals surface area contributed by atoms with Gasteiger partial charge in [-0.05, 0) is 24.6 Å². The van der Waals surface area contributed by atoms with Gasteiger partial charge < -0.3 is 5.11 Å². The number of benzene rings is 1. The van der Waals surface area contributed by atoms with Crippen LogP contribution >= 0.6 is 15.9 Å². The van der Waals surface area contributed by atoms with Crippen molar-refractivity contribution in [3.05, 3.63) is 46.8 Å². The number of aliphatic hydroxyl groups is 1. The fourth-order valence-electron chi connectivity index (χ4n) is 1.54. The molecule has 2 rings (SSSR count). The highest BCUT2D eigenvalue weighted by Gasteiger charge is 2.02. The average Bonchev–Trinajstić information content (AvgIpc) is 2.37. The molecule has 1 N–H and O–H groups in total. The van der Waals surface area contributed by atoms with Crippen molar-refractivity contribution in [3.8, 4) is 11.3 Å². The number of nitrogens with zero attached hydrogens (tertiary/aromatic N) is 2. The van der Waals surface area contributed by atoms with Crippen molar-refractivity contribution in [3.63, 3.8) is 0 Å². The molecule has 0 amide bonds. The van der Waals surface area contributed by atoms with Gasteiger partial charge in [0.25, 0.3) is 0 Å². The van der Waals surface area contributed by atoms with Crippen molar-refractivity contribution in [2.24, 2.45) is 0 Å². The van der Waals surface area contributed by atoms with Crippen molar-refractivity contribution in [1.29, 1.82) is 0 Å². The first-order chi connectivity index (χ1) is 8.29. The third-order valence-corrected chi connectivity index (χ3v) is 2.93. The molecule has 0 saturated carbocycles. The van der Waals surface area contributed by atoms with E-state index in [2.05, 4.69) is 25.9 Å². The summed E-state index contributed by atoms with van der Waals surface area (Å²) in [6, 6.07) is 9.91. The Kier molecular flexibility index (Phi) is 4.23. The van der Waals surface area contributed by atoms with Crippen LogP contribution < -0.4 is 0 Å². The first kappa shape index (κ1) is 12.2. The fourth-order valence-corrected chi connectivity index (χ4v) is 1.80. The summed E-state index contributed by atoms with van der Waals surface area (Å²) >= 11 is 3.41. The Balaban J connectivity index is 2.23. The molecule has 0 aliphatic heterocycles. The van der Waals surface area contributed by atoms with Gasteiger partial charge in [0.2, 0.25) is 0 Å². The number of aryl methyl sites for hydroxylation is 1. The van der Waals surface area contributed by atoms with Gasteiger partial charge in [-0.15, -0.1) is 0 Å². The zero-order valence-corrected chi connectivity index (χ0v) is 10.9. The molecule has 2 aromatic rings. The highest BCUT2D eigenvalue weighted by atomic mass is 79.9. The Morgan fingerprint density at radius 3 is 2.59 bits per heavy atom. The third-order valence-electron chi connectivity index (χ3n) is 2.40. The van der Waals surface area contributed by atoms with Gasteiger partial charge in [-0.1, -0.05) is 28.1 Å². The maximum Gasteiger partial charge on any atom is 0.129 e. The van der Waals surface area contributed by atoms with Crippen molar-refractivity contribution in [1.82, 2.24) is 9.97 Å². The lowest BCUT2D eigenvalue weighted by molar-refractivity contribution is 0.287. The minimum absolute atomic E-state index is 0.172. The molecular weight excluding hydrogens is 280 g/mol. The van der Waals surface area contributed by atoms with Gasteiger partial charge in [-0.25, -0.2) is 9.97 Å². The molecule has 0 unspecified atom stereocenters. The van der Waals surface area contributed by atoms with E-state index in [4.69, 9.17) is 5.11 Å². The first-order valence-corrected chi connectivity index (χ1v) is 6.27. The van der Waals surface area contributed by atoms with Crippen molar-refractivity contribution in [2.45, 2.75) is 12.8 Å². The molecule has 0 spiro atoms. The normalized spacial score (nSPS) is 10.5. The van der Waals surface area contributed by atoms with E-state index in [9.17, 15) is 0 Å². The lowest BCUT2D eigenvalue weighted by atomic mass is 10.1. The molecule has 1 aromatic heterocycles. The van der Waals surface area contributed by atoms with Crippen LogP contribution in [0.25, 0.3) is 11.3 Å². The van der Waals surface area contributed by atoms with E-state index in [1.165, 1.54) is 0 Å². The van der Waals surface area contributed by atoms with Crippen molar-refractivity contribution >= 4 is 15.9 Å². The zero-order valence-electron chi connectivity index (χ0n) is 9.31. The number of rotatable bonds is 4. The molecule has 88 valence electrons. The molecular formula is C13H13BrN2O. The van der Waals surface area contributed by atoms with E-state index in [1.54, 1.807) is 6.20 Å². The van der Waals surface area contributed by atoms with Gasteiger partial charge in [0.1, 0.15) is 5.82 Å². The van der Waals surface area contributed by atoms with E-state index in [0.29, 0.717) is 12.8 Å². The SMILES string of the molecule is OCCCc1nccc(-c2ccc(Br)cc2)n1. The molecule has 3 nitrogen and oxygen atoms in total. The molecule has 0 atom stereocenters. The Morgan fingerprint density at radius 1 is 1.12 bits per heavy atom. The van der Waals surface area contributed by atoms with Crippen LogP contribution in [0.15, 0.2) is 41.0 Å². The molecule has 1 aromatic carbocycles. The smallest absolute Gasteiger partial charge is 0.129 e. The maximum absolute atomic E-state index is 8.78. The van der Waals surface area contributed by atoms with Gasteiger partial charge in [0, 0.05) is 29.3 Å². The molecule has 17 heavy (non-hydrogen) atoms. The van der Waals surface area contributed by atoms with Gasteiger partial charge in [0.05, 0.1) is 5.69 Å².